The second-order valence-corrected chi connectivity index (χ2v) is 2.48. The molecule has 0 radical (unpaired) electrons. The molecule has 0 atom stereocenters. The lowest BCUT2D eigenvalue weighted by Crippen LogP contribution is -2.08. The predicted molar refractivity (Wildman–Crippen MR) is 47.0 cm³/mol. The van der Waals surface area contributed by atoms with Gasteiger partial charge in [0, 0.05) is 31.3 Å². The van der Waals surface area contributed by atoms with Crippen LogP contribution in [0.15, 0.2) is 30.9 Å². The Kier molecular flexibility index (Phi) is 2.01. The fraction of sp³-hybridized carbons (Fsp3) is 0.125. The third-order valence-corrected chi connectivity index (χ3v) is 1.67. The van der Waals surface area contributed by atoms with Crippen molar-refractivity contribution in [2.45, 2.75) is 6.54 Å². The number of nitrogens with zero attached hydrogens (tertiary/aromatic N) is 4. The zero-order chi connectivity index (χ0) is 9.10. The van der Waals surface area contributed by atoms with Crippen LogP contribution in [0.2, 0.25) is 0 Å². The summed E-state index contributed by atoms with van der Waals surface area (Å²) in [7, 11) is 0. The van der Waals surface area contributed by atoms with Gasteiger partial charge in [-0.15, -0.1) is 0 Å². The minimum atomic E-state index is 0.364. The maximum atomic E-state index is 5.51. The molecule has 5 heteroatoms. The topological polar surface area (TPSA) is 69.6 Å². The molecule has 2 aromatic rings. The Balaban J connectivity index is 2.51. The lowest BCUT2D eigenvalue weighted by Gasteiger charge is -2.03. The zero-order valence-corrected chi connectivity index (χ0v) is 6.96. The van der Waals surface area contributed by atoms with Gasteiger partial charge in [0.2, 0.25) is 0 Å². The summed E-state index contributed by atoms with van der Waals surface area (Å²) in [6.07, 6.45) is 6.74. The van der Waals surface area contributed by atoms with Crippen molar-refractivity contribution in [2.75, 3.05) is 0 Å². The molecule has 0 fully saturated rings. The molecule has 5 nitrogen and oxygen atoms in total. The fourth-order valence-electron chi connectivity index (χ4n) is 1.09. The molecule has 0 aliphatic carbocycles. The van der Waals surface area contributed by atoms with Crippen molar-refractivity contribution >= 4 is 0 Å². The van der Waals surface area contributed by atoms with Gasteiger partial charge in [0.05, 0.1) is 5.69 Å². The van der Waals surface area contributed by atoms with Crippen molar-refractivity contribution < 1.29 is 0 Å². The first kappa shape index (κ1) is 7.88. The summed E-state index contributed by atoms with van der Waals surface area (Å²) in [5.41, 5.74) is 6.25. The molecule has 0 aliphatic heterocycles. The smallest absolute Gasteiger partial charge is 0.176 e. The van der Waals surface area contributed by atoms with Gasteiger partial charge in [-0.1, -0.05) is 0 Å². The van der Waals surface area contributed by atoms with Crippen LogP contribution < -0.4 is 5.73 Å². The highest BCUT2D eigenvalue weighted by molar-refractivity contribution is 5.26. The molecule has 0 saturated carbocycles. The molecule has 0 aliphatic rings. The molecule has 0 spiro atoms. The van der Waals surface area contributed by atoms with Crippen molar-refractivity contribution in [1.29, 1.82) is 0 Å². The molecule has 2 rings (SSSR count). The van der Waals surface area contributed by atoms with E-state index in [0.29, 0.717) is 12.4 Å². The molecule has 0 saturated heterocycles. The standard InChI is InChI=1S/C8H9N5/c9-6-7-8(11-4-3-10-7)13-5-1-2-12-13/h1-5H,6,9H2. The highest BCUT2D eigenvalue weighted by Crippen LogP contribution is 2.05. The van der Waals surface area contributed by atoms with Gasteiger partial charge in [-0.2, -0.15) is 5.10 Å². The van der Waals surface area contributed by atoms with Gasteiger partial charge in [0.25, 0.3) is 0 Å². The Bertz CT molecular complexity index is 381. The van der Waals surface area contributed by atoms with Crippen LogP contribution in [0.4, 0.5) is 0 Å². The van der Waals surface area contributed by atoms with Crippen LogP contribution in [0.3, 0.4) is 0 Å². The van der Waals surface area contributed by atoms with E-state index < -0.39 is 0 Å². The summed E-state index contributed by atoms with van der Waals surface area (Å²) in [5, 5.41) is 4.05. The van der Waals surface area contributed by atoms with Gasteiger partial charge in [0.15, 0.2) is 5.82 Å². The molecule has 66 valence electrons. The van der Waals surface area contributed by atoms with Crippen LogP contribution in [-0.4, -0.2) is 19.7 Å². The summed E-state index contributed by atoms with van der Waals surface area (Å²) >= 11 is 0. The summed E-state index contributed by atoms with van der Waals surface area (Å²) in [4.78, 5) is 8.25. The van der Waals surface area contributed by atoms with E-state index in [9.17, 15) is 0 Å². The summed E-state index contributed by atoms with van der Waals surface area (Å²) in [6.45, 7) is 0.364. The van der Waals surface area contributed by atoms with Gasteiger partial charge in [-0.3, -0.25) is 4.98 Å². The molecule has 13 heavy (non-hydrogen) atoms. The number of hydrogen-bond acceptors (Lipinski definition) is 4. The van der Waals surface area contributed by atoms with Gasteiger partial charge in [0.1, 0.15) is 0 Å². The maximum Gasteiger partial charge on any atom is 0.176 e. The first-order valence-corrected chi connectivity index (χ1v) is 3.92. The molecule has 0 bridgehead atoms. The van der Waals surface area contributed by atoms with Crippen molar-refractivity contribution in [2.24, 2.45) is 5.73 Å². The third-order valence-electron chi connectivity index (χ3n) is 1.67. The zero-order valence-electron chi connectivity index (χ0n) is 6.96. The van der Waals surface area contributed by atoms with E-state index in [4.69, 9.17) is 5.73 Å². The second-order valence-electron chi connectivity index (χ2n) is 2.48. The predicted octanol–water partition coefficient (Wildman–Crippen LogP) is 0.121. The average molecular weight is 175 g/mol. The molecular weight excluding hydrogens is 166 g/mol. The third kappa shape index (κ3) is 1.41. The van der Waals surface area contributed by atoms with E-state index in [-0.39, 0.29) is 0 Å². The van der Waals surface area contributed by atoms with E-state index in [0.717, 1.165) is 5.69 Å². The number of aromatic nitrogens is 4. The number of rotatable bonds is 2. The fourth-order valence-corrected chi connectivity index (χ4v) is 1.09. The number of hydrogen-bond donors (Lipinski definition) is 1. The van der Waals surface area contributed by atoms with Crippen LogP contribution in [0.1, 0.15) is 5.69 Å². The first-order valence-electron chi connectivity index (χ1n) is 3.92. The lowest BCUT2D eigenvalue weighted by molar-refractivity contribution is 0.803. The van der Waals surface area contributed by atoms with E-state index >= 15 is 0 Å². The Hall–Kier alpha value is -1.75. The second kappa shape index (κ2) is 3.32. The SMILES string of the molecule is NCc1nccnc1-n1cccn1. The summed E-state index contributed by atoms with van der Waals surface area (Å²) in [6, 6.07) is 1.83. The van der Waals surface area contributed by atoms with Gasteiger partial charge >= 0.3 is 0 Å². The van der Waals surface area contributed by atoms with Crippen LogP contribution >= 0.6 is 0 Å². The van der Waals surface area contributed by atoms with E-state index in [1.807, 2.05) is 12.3 Å². The minimum Gasteiger partial charge on any atom is -0.325 e. The molecule has 0 unspecified atom stereocenters. The van der Waals surface area contributed by atoms with Crippen molar-refractivity contribution in [3.8, 4) is 5.82 Å². The highest BCUT2D eigenvalue weighted by atomic mass is 15.3. The first-order chi connectivity index (χ1) is 6.42. The van der Waals surface area contributed by atoms with Crippen molar-refractivity contribution in [3.05, 3.63) is 36.5 Å². The van der Waals surface area contributed by atoms with Crippen molar-refractivity contribution in [1.82, 2.24) is 19.7 Å². The number of nitrogens with two attached hydrogens (primary N) is 1. The summed E-state index contributed by atoms with van der Waals surface area (Å²) in [5.74, 6) is 0.690. The average Bonchev–Trinajstić information content (AvgIpc) is 2.70. The molecule has 2 N–H and O–H groups in total. The Morgan fingerprint density at radius 3 is 2.77 bits per heavy atom. The van der Waals surface area contributed by atoms with Crippen LogP contribution in [0.25, 0.3) is 5.82 Å². The Labute approximate surface area is 75.2 Å². The Morgan fingerprint density at radius 2 is 2.08 bits per heavy atom. The summed E-state index contributed by atoms with van der Waals surface area (Å²) < 4.78 is 1.65. The molecular formula is C8H9N5. The monoisotopic (exact) mass is 175 g/mol. The van der Waals surface area contributed by atoms with E-state index in [1.165, 1.54) is 0 Å². The van der Waals surface area contributed by atoms with Crippen LogP contribution in [-0.2, 0) is 6.54 Å². The van der Waals surface area contributed by atoms with E-state index in [2.05, 4.69) is 15.1 Å². The van der Waals surface area contributed by atoms with Gasteiger partial charge in [-0.05, 0) is 6.07 Å². The van der Waals surface area contributed by atoms with E-state index in [1.54, 1.807) is 23.3 Å². The quantitative estimate of drug-likeness (QED) is 0.703. The maximum absolute atomic E-state index is 5.51. The van der Waals surface area contributed by atoms with Gasteiger partial charge < -0.3 is 5.73 Å². The molecule has 0 amide bonds. The Morgan fingerprint density at radius 1 is 1.23 bits per heavy atom. The largest absolute Gasteiger partial charge is 0.325 e. The van der Waals surface area contributed by atoms with Crippen molar-refractivity contribution in [3.63, 3.8) is 0 Å². The molecule has 0 aromatic carbocycles. The van der Waals surface area contributed by atoms with Crippen LogP contribution in [0, 0.1) is 0 Å². The van der Waals surface area contributed by atoms with Gasteiger partial charge in [-0.25, -0.2) is 9.67 Å². The molecule has 2 aromatic heterocycles. The molecule has 2 heterocycles. The normalized spacial score (nSPS) is 10.2. The lowest BCUT2D eigenvalue weighted by atomic mass is 10.4. The highest BCUT2D eigenvalue weighted by Gasteiger charge is 2.04. The van der Waals surface area contributed by atoms with Crippen LogP contribution in [0.5, 0.6) is 0 Å². The minimum absolute atomic E-state index is 0.364.